The molecule has 0 spiro atoms. The van der Waals surface area contributed by atoms with Gasteiger partial charge in [-0.05, 0) is 44.1 Å². The fourth-order valence-electron chi connectivity index (χ4n) is 2.66. The lowest BCUT2D eigenvalue weighted by atomic mass is 10.0. The van der Waals surface area contributed by atoms with Crippen molar-refractivity contribution in [2.45, 2.75) is 51.5 Å². The van der Waals surface area contributed by atoms with Crippen LogP contribution >= 0.6 is 0 Å². The maximum atomic E-state index is 3.65. The Labute approximate surface area is 87.8 Å². The maximum absolute atomic E-state index is 3.65. The van der Waals surface area contributed by atoms with Crippen molar-refractivity contribution in [3.05, 3.63) is 0 Å². The molecule has 1 saturated carbocycles. The van der Waals surface area contributed by atoms with Crippen molar-refractivity contribution in [3.63, 3.8) is 0 Å². The summed E-state index contributed by atoms with van der Waals surface area (Å²) in [6, 6.07) is 0.757. The van der Waals surface area contributed by atoms with Crippen molar-refractivity contribution in [2.75, 3.05) is 19.6 Å². The lowest BCUT2D eigenvalue weighted by molar-refractivity contribution is 0.405. The van der Waals surface area contributed by atoms with Gasteiger partial charge in [-0.1, -0.05) is 13.3 Å². The summed E-state index contributed by atoms with van der Waals surface area (Å²) in [6.45, 7) is 5.98. The highest BCUT2D eigenvalue weighted by Crippen LogP contribution is 2.48. The summed E-state index contributed by atoms with van der Waals surface area (Å²) in [6.07, 6.45) is 8.44. The molecule has 1 saturated heterocycles. The molecule has 2 aliphatic rings. The van der Waals surface area contributed by atoms with Gasteiger partial charge in [0.05, 0.1) is 0 Å². The molecule has 2 nitrogen and oxygen atoms in total. The number of nitrogens with one attached hydrogen (secondary N) is 2. The third-order valence-corrected chi connectivity index (χ3v) is 3.79. The first-order valence-corrected chi connectivity index (χ1v) is 6.29. The van der Waals surface area contributed by atoms with E-state index in [1.54, 1.807) is 0 Å². The third kappa shape index (κ3) is 2.71. The molecule has 1 atom stereocenters. The summed E-state index contributed by atoms with van der Waals surface area (Å²) in [5.74, 6) is 0. The van der Waals surface area contributed by atoms with Crippen LogP contribution in [0.5, 0.6) is 0 Å². The molecule has 0 aromatic heterocycles. The van der Waals surface area contributed by atoms with Gasteiger partial charge in [0.25, 0.3) is 0 Å². The van der Waals surface area contributed by atoms with Crippen LogP contribution in [0.25, 0.3) is 0 Å². The minimum absolute atomic E-state index is 0.716. The van der Waals surface area contributed by atoms with Gasteiger partial charge < -0.3 is 10.6 Å². The highest BCUT2D eigenvalue weighted by atomic mass is 15.0. The van der Waals surface area contributed by atoms with Crippen molar-refractivity contribution in [2.24, 2.45) is 5.41 Å². The largest absolute Gasteiger partial charge is 0.315 e. The van der Waals surface area contributed by atoms with E-state index in [4.69, 9.17) is 0 Å². The second kappa shape index (κ2) is 4.63. The minimum Gasteiger partial charge on any atom is -0.315 e. The molecular weight excluding hydrogens is 172 g/mol. The zero-order valence-electron chi connectivity index (χ0n) is 9.44. The van der Waals surface area contributed by atoms with Gasteiger partial charge in [0, 0.05) is 19.1 Å². The van der Waals surface area contributed by atoms with Crippen LogP contribution in [-0.4, -0.2) is 25.7 Å². The monoisotopic (exact) mass is 196 g/mol. The Morgan fingerprint density at radius 2 is 2.29 bits per heavy atom. The predicted molar refractivity (Wildman–Crippen MR) is 60.5 cm³/mol. The first kappa shape index (κ1) is 10.4. The van der Waals surface area contributed by atoms with Crippen LogP contribution in [0.1, 0.15) is 45.4 Å². The molecular formula is C12H24N2. The summed E-state index contributed by atoms with van der Waals surface area (Å²) in [5, 5.41) is 7.19. The Hall–Kier alpha value is -0.0800. The molecule has 0 aromatic carbocycles. The molecule has 1 unspecified atom stereocenters. The molecule has 1 aliphatic heterocycles. The van der Waals surface area contributed by atoms with Gasteiger partial charge in [-0.25, -0.2) is 0 Å². The Morgan fingerprint density at radius 3 is 2.86 bits per heavy atom. The standard InChI is InChI=1S/C12H24N2/c1-2-5-12(6-7-12)10-13-9-11-4-3-8-14-11/h11,13-14H,2-10H2,1H3. The van der Waals surface area contributed by atoms with Crippen molar-refractivity contribution >= 4 is 0 Å². The van der Waals surface area contributed by atoms with Gasteiger partial charge in [0.15, 0.2) is 0 Å². The summed E-state index contributed by atoms with van der Waals surface area (Å²) in [7, 11) is 0. The molecule has 2 N–H and O–H groups in total. The molecule has 1 heterocycles. The van der Waals surface area contributed by atoms with Gasteiger partial charge in [-0.3, -0.25) is 0 Å². The average Bonchev–Trinajstić information content (AvgIpc) is 2.75. The van der Waals surface area contributed by atoms with Crippen molar-refractivity contribution < 1.29 is 0 Å². The molecule has 82 valence electrons. The van der Waals surface area contributed by atoms with Gasteiger partial charge in [0.2, 0.25) is 0 Å². The molecule has 14 heavy (non-hydrogen) atoms. The highest BCUT2D eigenvalue weighted by molar-refractivity contribution is 4.94. The number of rotatable bonds is 6. The fraction of sp³-hybridized carbons (Fsp3) is 1.00. The minimum atomic E-state index is 0.716. The van der Waals surface area contributed by atoms with Crippen LogP contribution < -0.4 is 10.6 Å². The van der Waals surface area contributed by atoms with Gasteiger partial charge in [-0.2, -0.15) is 0 Å². The second-order valence-electron chi connectivity index (χ2n) is 5.17. The van der Waals surface area contributed by atoms with E-state index in [-0.39, 0.29) is 0 Å². The van der Waals surface area contributed by atoms with E-state index < -0.39 is 0 Å². The first-order chi connectivity index (χ1) is 6.85. The topological polar surface area (TPSA) is 24.1 Å². The normalized spacial score (nSPS) is 29.4. The van der Waals surface area contributed by atoms with E-state index in [2.05, 4.69) is 17.6 Å². The lowest BCUT2D eigenvalue weighted by Gasteiger charge is -2.17. The Balaban J connectivity index is 1.58. The Kier molecular flexibility index (Phi) is 3.45. The third-order valence-electron chi connectivity index (χ3n) is 3.79. The SMILES string of the molecule is CCCC1(CNCC2CCCN2)CC1. The van der Waals surface area contributed by atoms with Crippen molar-refractivity contribution in [3.8, 4) is 0 Å². The fourth-order valence-corrected chi connectivity index (χ4v) is 2.66. The summed E-state index contributed by atoms with van der Waals surface area (Å²) >= 11 is 0. The zero-order valence-corrected chi connectivity index (χ0v) is 9.44. The van der Waals surface area contributed by atoms with Crippen LogP contribution in [-0.2, 0) is 0 Å². The predicted octanol–water partition coefficient (Wildman–Crippen LogP) is 1.91. The van der Waals surface area contributed by atoms with Crippen LogP contribution in [0, 0.1) is 5.41 Å². The smallest absolute Gasteiger partial charge is 0.0192 e. The van der Waals surface area contributed by atoms with Gasteiger partial charge in [-0.15, -0.1) is 0 Å². The van der Waals surface area contributed by atoms with E-state index in [0.717, 1.165) is 6.04 Å². The van der Waals surface area contributed by atoms with Crippen LogP contribution in [0.15, 0.2) is 0 Å². The van der Waals surface area contributed by atoms with E-state index >= 15 is 0 Å². The quantitative estimate of drug-likeness (QED) is 0.678. The molecule has 0 amide bonds. The first-order valence-electron chi connectivity index (χ1n) is 6.29. The second-order valence-corrected chi connectivity index (χ2v) is 5.17. The van der Waals surface area contributed by atoms with Gasteiger partial charge in [0.1, 0.15) is 0 Å². The van der Waals surface area contributed by atoms with E-state index in [1.807, 2.05) is 0 Å². The van der Waals surface area contributed by atoms with E-state index in [0.29, 0.717) is 5.41 Å². The van der Waals surface area contributed by atoms with Gasteiger partial charge >= 0.3 is 0 Å². The Bertz CT molecular complexity index is 169. The molecule has 1 aliphatic carbocycles. The Morgan fingerprint density at radius 1 is 1.43 bits per heavy atom. The van der Waals surface area contributed by atoms with Crippen molar-refractivity contribution in [1.82, 2.24) is 10.6 Å². The molecule has 0 aromatic rings. The van der Waals surface area contributed by atoms with E-state index in [9.17, 15) is 0 Å². The molecule has 0 radical (unpaired) electrons. The number of hydrogen-bond donors (Lipinski definition) is 2. The van der Waals surface area contributed by atoms with Crippen LogP contribution in [0.3, 0.4) is 0 Å². The maximum Gasteiger partial charge on any atom is 0.0192 e. The molecule has 2 rings (SSSR count). The van der Waals surface area contributed by atoms with E-state index in [1.165, 1.54) is 58.2 Å². The summed E-state index contributed by atoms with van der Waals surface area (Å²) in [5.41, 5.74) is 0.716. The lowest BCUT2D eigenvalue weighted by Crippen LogP contribution is -2.36. The average molecular weight is 196 g/mol. The van der Waals surface area contributed by atoms with Crippen LogP contribution in [0.4, 0.5) is 0 Å². The molecule has 0 bridgehead atoms. The zero-order chi connectivity index (χ0) is 9.86. The number of hydrogen-bond acceptors (Lipinski definition) is 2. The summed E-state index contributed by atoms with van der Waals surface area (Å²) in [4.78, 5) is 0. The molecule has 2 heteroatoms. The van der Waals surface area contributed by atoms with Crippen molar-refractivity contribution in [1.29, 1.82) is 0 Å². The van der Waals surface area contributed by atoms with Crippen LogP contribution in [0.2, 0.25) is 0 Å². The molecule has 2 fully saturated rings. The highest BCUT2D eigenvalue weighted by Gasteiger charge is 2.40. The summed E-state index contributed by atoms with van der Waals surface area (Å²) < 4.78 is 0.